The third-order valence-electron chi connectivity index (χ3n) is 5.41. The maximum atomic E-state index is 12.0. The molecule has 1 saturated carbocycles. The molecule has 28 heavy (non-hydrogen) atoms. The minimum atomic E-state index is -1.06. The van der Waals surface area contributed by atoms with Gasteiger partial charge in [-0.1, -0.05) is 18.2 Å². The van der Waals surface area contributed by atoms with Crippen molar-refractivity contribution in [3.05, 3.63) is 33.9 Å². The molecule has 8 nitrogen and oxygen atoms in total. The zero-order valence-corrected chi connectivity index (χ0v) is 17.3. The Hall–Kier alpha value is -2.29. The highest BCUT2D eigenvalue weighted by atomic mass is 32.2. The van der Waals surface area contributed by atoms with Gasteiger partial charge in [-0.3, -0.25) is 15.0 Å². The van der Waals surface area contributed by atoms with Crippen LogP contribution in [0.1, 0.15) is 45.6 Å². The highest BCUT2D eigenvalue weighted by Crippen LogP contribution is 2.54. The number of nitrogens with zero attached hydrogens (tertiary/aromatic N) is 3. The van der Waals surface area contributed by atoms with Crippen molar-refractivity contribution >= 4 is 28.7 Å². The molecular weight excluding hydrogens is 382 g/mol. The molecule has 0 saturated heterocycles. The Balaban J connectivity index is 2.20. The van der Waals surface area contributed by atoms with E-state index < -0.39 is 22.1 Å². The van der Waals surface area contributed by atoms with Gasteiger partial charge in [0.1, 0.15) is 5.75 Å². The Morgan fingerprint density at radius 3 is 2.75 bits per heavy atom. The average Bonchev–Trinajstić information content (AvgIpc) is 3.03. The van der Waals surface area contributed by atoms with Crippen molar-refractivity contribution in [2.75, 3.05) is 12.9 Å². The number of rotatable bonds is 3. The Morgan fingerprint density at radius 2 is 2.18 bits per heavy atom. The second kappa shape index (κ2) is 7.27. The molecule has 1 aromatic rings. The molecule has 0 radical (unpaired) electrons. The maximum absolute atomic E-state index is 12.0. The molecule has 1 aliphatic heterocycles. The van der Waals surface area contributed by atoms with Gasteiger partial charge in [-0.05, 0) is 45.6 Å². The predicted molar refractivity (Wildman–Crippen MR) is 108 cm³/mol. The largest absolute Gasteiger partial charge is 0.496 e. The van der Waals surface area contributed by atoms with Crippen molar-refractivity contribution in [1.29, 1.82) is 0 Å². The zero-order chi connectivity index (χ0) is 20.7. The number of aliphatic imine (C=N–C) groups is 1. The van der Waals surface area contributed by atoms with Crippen LogP contribution in [0.3, 0.4) is 0 Å². The van der Waals surface area contributed by atoms with Crippen LogP contribution in [-0.2, 0) is 5.54 Å². The first-order valence-corrected chi connectivity index (χ1v) is 10.2. The Morgan fingerprint density at radius 1 is 1.46 bits per heavy atom. The number of carboxylic acid groups (broad SMARTS) is 1. The number of hydrogen-bond donors (Lipinski definition) is 1. The number of hydrogen-bond acceptors (Lipinski definition) is 6. The molecule has 0 spiro atoms. The summed E-state index contributed by atoms with van der Waals surface area (Å²) in [5.74, 6) is 1.43. The van der Waals surface area contributed by atoms with Crippen LogP contribution < -0.4 is 4.74 Å². The molecule has 152 valence electrons. The van der Waals surface area contributed by atoms with E-state index in [9.17, 15) is 20.0 Å². The summed E-state index contributed by atoms with van der Waals surface area (Å²) in [6.45, 7) is 5.47. The van der Waals surface area contributed by atoms with Gasteiger partial charge in [0.15, 0.2) is 5.17 Å². The first kappa shape index (κ1) is 20.4. The second-order valence-electron chi connectivity index (χ2n) is 8.15. The van der Waals surface area contributed by atoms with E-state index in [0.29, 0.717) is 28.7 Å². The Bertz CT molecular complexity index is 835. The minimum absolute atomic E-state index is 0.0169. The van der Waals surface area contributed by atoms with Crippen LogP contribution in [0.5, 0.6) is 5.75 Å². The van der Waals surface area contributed by atoms with Crippen LogP contribution in [0.4, 0.5) is 10.5 Å². The summed E-state index contributed by atoms with van der Waals surface area (Å²) in [6, 6.07) is 4.56. The van der Waals surface area contributed by atoms with E-state index in [1.807, 2.05) is 20.8 Å². The first-order valence-electron chi connectivity index (χ1n) is 9.19. The molecule has 1 amide bonds. The molecule has 1 aromatic carbocycles. The van der Waals surface area contributed by atoms with Crippen LogP contribution in [0, 0.1) is 16.0 Å². The summed E-state index contributed by atoms with van der Waals surface area (Å²) >= 11 is 1.44. The second-order valence-corrected chi connectivity index (χ2v) is 9.14. The number of non-ortho nitro benzene ring substituents is 1. The van der Waals surface area contributed by atoms with Crippen LogP contribution in [-0.4, -0.2) is 44.6 Å². The lowest BCUT2D eigenvalue weighted by Gasteiger charge is -2.41. The number of fused-ring (bicyclic) bond motifs is 1. The number of ether oxygens (including phenoxy) is 1. The van der Waals surface area contributed by atoms with Crippen molar-refractivity contribution in [1.82, 2.24) is 4.90 Å². The minimum Gasteiger partial charge on any atom is -0.496 e. The first-order chi connectivity index (χ1) is 13.1. The van der Waals surface area contributed by atoms with E-state index in [4.69, 9.17) is 9.73 Å². The highest BCUT2D eigenvalue weighted by molar-refractivity contribution is 8.13. The van der Waals surface area contributed by atoms with Crippen LogP contribution in [0.25, 0.3) is 0 Å². The van der Waals surface area contributed by atoms with Crippen molar-refractivity contribution in [2.45, 2.75) is 51.1 Å². The van der Waals surface area contributed by atoms with Crippen molar-refractivity contribution in [2.24, 2.45) is 10.9 Å². The number of amidine groups is 1. The van der Waals surface area contributed by atoms with Gasteiger partial charge >= 0.3 is 6.09 Å². The predicted octanol–water partition coefficient (Wildman–Crippen LogP) is 4.48. The number of nitro benzene ring substituents is 1. The molecule has 1 heterocycles. The number of nitro groups is 1. The van der Waals surface area contributed by atoms with E-state index in [-0.39, 0.29) is 11.6 Å². The van der Waals surface area contributed by atoms with Crippen molar-refractivity contribution in [3.63, 3.8) is 0 Å². The van der Waals surface area contributed by atoms with E-state index in [1.54, 1.807) is 6.07 Å². The SMILES string of the molecule is COc1ccc([N+](=O)[O-])cc1C12CCCC1CSC(N(C(=O)O)C(C)(C)C)=N2. The number of methoxy groups -OCH3 is 1. The maximum Gasteiger partial charge on any atom is 0.413 e. The van der Waals surface area contributed by atoms with Gasteiger partial charge in [-0.25, -0.2) is 9.79 Å². The Labute approximate surface area is 168 Å². The fraction of sp³-hybridized carbons (Fsp3) is 0.579. The molecule has 2 unspecified atom stereocenters. The van der Waals surface area contributed by atoms with Crippen molar-refractivity contribution < 1.29 is 19.6 Å². The number of carbonyl (C=O) groups is 1. The molecule has 3 rings (SSSR count). The third-order valence-corrected chi connectivity index (χ3v) is 6.51. The molecule has 2 aliphatic rings. The molecule has 0 bridgehead atoms. The van der Waals surface area contributed by atoms with Gasteiger partial charge in [-0.2, -0.15) is 0 Å². The van der Waals surface area contributed by atoms with E-state index in [2.05, 4.69) is 0 Å². The number of amides is 1. The van der Waals surface area contributed by atoms with Crippen LogP contribution in [0.15, 0.2) is 23.2 Å². The average molecular weight is 407 g/mol. The number of benzene rings is 1. The Kier molecular flexibility index (Phi) is 5.31. The van der Waals surface area contributed by atoms with E-state index in [0.717, 1.165) is 12.8 Å². The van der Waals surface area contributed by atoms with Gasteiger partial charge in [0, 0.05) is 29.0 Å². The van der Waals surface area contributed by atoms with Crippen molar-refractivity contribution in [3.8, 4) is 5.75 Å². The van der Waals surface area contributed by atoms with E-state index >= 15 is 0 Å². The quantitative estimate of drug-likeness (QED) is 0.585. The van der Waals surface area contributed by atoms with Gasteiger partial charge in [0.05, 0.1) is 17.6 Å². The molecule has 1 aliphatic carbocycles. The summed E-state index contributed by atoms with van der Waals surface area (Å²) in [6.07, 6.45) is 1.52. The molecule has 9 heteroatoms. The monoisotopic (exact) mass is 407 g/mol. The lowest BCUT2D eigenvalue weighted by Crippen LogP contribution is -2.50. The van der Waals surface area contributed by atoms with Gasteiger partial charge in [0.2, 0.25) is 0 Å². The summed E-state index contributed by atoms with van der Waals surface area (Å²) in [5, 5.41) is 21.6. The third kappa shape index (κ3) is 3.43. The zero-order valence-electron chi connectivity index (χ0n) is 16.5. The molecular formula is C19H25N3O5S. The summed E-state index contributed by atoms with van der Waals surface area (Å²) in [7, 11) is 1.53. The van der Waals surface area contributed by atoms with E-state index in [1.165, 1.54) is 35.9 Å². The van der Waals surface area contributed by atoms with Crippen LogP contribution >= 0.6 is 11.8 Å². The van der Waals surface area contributed by atoms with Gasteiger partial charge < -0.3 is 9.84 Å². The summed E-state index contributed by atoms with van der Waals surface area (Å²) in [5.41, 5.74) is -0.714. The van der Waals surface area contributed by atoms with Crippen LogP contribution in [0.2, 0.25) is 0 Å². The fourth-order valence-electron chi connectivity index (χ4n) is 4.14. The fourth-order valence-corrected chi connectivity index (χ4v) is 5.64. The molecule has 0 aromatic heterocycles. The topological polar surface area (TPSA) is 105 Å². The standard InChI is InChI=1S/C19H25N3O5S/c1-18(2,3)21(17(23)24)16-20-19(9-5-6-12(19)11-28-16)14-10-13(22(25)26)7-8-15(14)27-4/h7-8,10,12H,5-6,9,11H2,1-4H3,(H,23,24). The molecule has 2 atom stereocenters. The highest BCUT2D eigenvalue weighted by Gasteiger charge is 2.50. The molecule has 1 fully saturated rings. The summed E-state index contributed by atoms with van der Waals surface area (Å²) in [4.78, 5) is 29.1. The molecule has 1 N–H and O–H groups in total. The normalized spacial score (nSPS) is 24.3. The van der Waals surface area contributed by atoms with Gasteiger partial charge in [0.25, 0.3) is 5.69 Å². The summed E-state index contributed by atoms with van der Waals surface area (Å²) < 4.78 is 5.52. The number of thioether (sulfide) groups is 1. The lowest BCUT2D eigenvalue weighted by molar-refractivity contribution is -0.385. The smallest absolute Gasteiger partial charge is 0.413 e. The van der Waals surface area contributed by atoms with Gasteiger partial charge in [-0.15, -0.1) is 0 Å². The lowest BCUT2D eigenvalue weighted by atomic mass is 9.81.